The Morgan fingerprint density at radius 2 is 1.91 bits per heavy atom. The van der Waals surface area contributed by atoms with Crippen LogP contribution in [0, 0.1) is 12.8 Å². The lowest BCUT2D eigenvalue weighted by Gasteiger charge is -2.32. The average molecular weight is 469 g/mol. The topological polar surface area (TPSA) is 81.5 Å². The highest BCUT2D eigenvalue weighted by atomic mass is 32.3. The number of para-hydroxylation sites is 1. The Labute approximate surface area is 192 Å². The van der Waals surface area contributed by atoms with Gasteiger partial charge in [0, 0.05) is 18.2 Å². The molecule has 1 saturated carbocycles. The summed E-state index contributed by atoms with van der Waals surface area (Å²) in [5, 5.41) is 6.51. The molecule has 9 heteroatoms. The zero-order valence-corrected chi connectivity index (χ0v) is 19.3. The molecule has 0 radical (unpaired) electrons. The lowest BCUT2D eigenvalue weighted by Crippen LogP contribution is -2.43. The lowest BCUT2D eigenvalue weighted by molar-refractivity contribution is 0.0604. The highest BCUT2D eigenvalue weighted by Gasteiger charge is 2.53. The third-order valence-electron chi connectivity index (χ3n) is 6.82. The second kappa shape index (κ2) is 7.34. The molecule has 1 saturated heterocycles. The fourth-order valence-electron chi connectivity index (χ4n) is 5.20. The van der Waals surface area contributed by atoms with Crippen molar-refractivity contribution in [3.8, 4) is 5.69 Å². The van der Waals surface area contributed by atoms with E-state index in [4.69, 9.17) is 5.10 Å². The summed E-state index contributed by atoms with van der Waals surface area (Å²) >= 11 is 1.24. The molecule has 1 aliphatic carbocycles. The molecule has 32 heavy (non-hydrogen) atoms. The lowest BCUT2D eigenvalue weighted by atomic mass is 10.0. The number of carbonyl (C=O) groups is 1. The molecule has 2 aromatic heterocycles. The number of sulfonamides is 1. The van der Waals surface area contributed by atoms with Crippen LogP contribution in [0.4, 0.5) is 0 Å². The van der Waals surface area contributed by atoms with E-state index in [1.54, 1.807) is 26.5 Å². The molecular formula is C23H24N4O3S2. The van der Waals surface area contributed by atoms with E-state index in [0.717, 1.165) is 29.8 Å². The van der Waals surface area contributed by atoms with E-state index in [9.17, 15) is 13.6 Å². The summed E-state index contributed by atoms with van der Waals surface area (Å²) in [7, 11) is -3.51. The quantitative estimate of drug-likeness (QED) is 0.533. The number of aryl methyl sites for hydroxylation is 1. The monoisotopic (exact) mass is 468 g/mol. The van der Waals surface area contributed by atoms with Crippen LogP contribution in [0.15, 0.2) is 52.1 Å². The molecule has 4 heterocycles. The first kappa shape index (κ1) is 20.3. The van der Waals surface area contributed by atoms with Crippen LogP contribution in [0.3, 0.4) is 0 Å². The average Bonchev–Trinajstić information content (AvgIpc) is 3.20. The Morgan fingerprint density at radius 1 is 1.12 bits per heavy atom. The van der Waals surface area contributed by atoms with Crippen LogP contribution in [-0.2, 0) is 14.6 Å². The summed E-state index contributed by atoms with van der Waals surface area (Å²) in [6.07, 6.45) is 2.84. The van der Waals surface area contributed by atoms with Gasteiger partial charge in [-0.15, -0.1) is 4.31 Å². The molecule has 166 valence electrons. The Kier molecular flexibility index (Phi) is 4.66. The molecule has 3 aromatic rings. The van der Waals surface area contributed by atoms with Gasteiger partial charge in [-0.2, -0.15) is 5.10 Å². The molecular weight excluding hydrogens is 444 g/mol. The Hall–Kier alpha value is -2.33. The number of nitrogens with zero attached hydrogens (tertiary/aromatic N) is 4. The van der Waals surface area contributed by atoms with Gasteiger partial charge in [0.1, 0.15) is 5.69 Å². The maximum Gasteiger partial charge on any atom is 0.273 e. The summed E-state index contributed by atoms with van der Waals surface area (Å²) < 4.78 is 29.8. The van der Waals surface area contributed by atoms with Gasteiger partial charge in [-0.1, -0.05) is 33.7 Å². The first-order valence-corrected chi connectivity index (χ1v) is 13.3. The maximum absolute atomic E-state index is 13.8. The van der Waals surface area contributed by atoms with Crippen LogP contribution >= 0.6 is 11.3 Å². The van der Waals surface area contributed by atoms with Crippen LogP contribution < -0.4 is 0 Å². The largest absolute Gasteiger partial charge is 0.592 e. The second-order valence-electron chi connectivity index (χ2n) is 8.83. The van der Waals surface area contributed by atoms with Gasteiger partial charge in [-0.05, 0) is 55.7 Å². The summed E-state index contributed by atoms with van der Waals surface area (Å²) in [4.78, 5) is 15.8. The highest BCUT2D eigenvalue weighted by Crippen LogP contribution is 2.52. The van der Waals surface area contributed by atoms with E-state index in [1.165, 1.54) is 11.3 Å². The van der Waals surface area contributed by atoms with Crippen LogP contribution in [-0.4, -0.2) is 48.6 Å². The van der Waals surface area contributed by atoms with E-state index in [0.29, 0.717) is 35.3 Å². The van der Waals surface area contributed by atoms with Crippen molar-refractivity contribution in [2.75, 3.05) is 13.1 Å². The third kappa shape index (κ3) is 3.02. The van der Waals surface area contributed by atoms with Crippen LogP contribution in [0.5, 0.6) is 0 Å². The van der Waals surface area contributed by atoms with E-state index in [2.05, 4.69) is 0 Å². The number of rotatable bonds is 5. The van der Waals surface area contributed by atoms with Gasteiger partial charge in [0.25, 0.3) is 5.91 Å². The Bertz CT molecular complexity index is 1220. The number of hydrogen-bond donors (Lipinski definition) is 0. The molecule has 3 unspecified atom stereocenters. The molecule has 2 aliphatic heterocycles. The minimum absolute atomic E-state index is 0.00986. The standard InChI is InChI=1S/C23H24N4O3S2/c1-15-20-21(16-9-10-16)26(23(28)22(20)27(24-15)17-6-3-2-4-7-17)18-11-12-25(14-18)32(29,30)19-8-5-13-31-19/h2-8,13,16,18,21H,9-12,14H2,1H3. The first-order valence-electron chi connectivity index (χ1n) is 11.0. The molecule has 6 rings (SSSR count). The number of hydrogen-bond acceptors (Lipinski definition) is 5. The number of benzene rings is 1. The Balaban J connectivity index is 1.35. The third-order valence-corrected chi connectivity index (χ3v) is 10.1. The van der Waals surface area contributed by atoms with Gasteiger partial charge in [0.15, 0.2) is 10.4 Å². The van der Waals surface area contributed by atoms with Crippen molar-refractivity contribution in [1.29, 1.82) is 0 Å². The van der Waals surface area contributed by atoms with Crippen LogP contribution in [0.25, 0.3) is 5.69 Å². The number of fused-ring (bicyclic) bond motifs is 1. The molecule has 7 nitrogen and oxygen atoms in total. The fraction of sp³-hybridized carbons (Fsp3) is 0.391. The fourth-order valence-corrected chi connectivity index (χ4v) is 7.84. The molecule has 1 aromatic carbocycles. The predicted octanol–water partition coefficient (Wildman–Crippen LogP) is 3.83. The van der Waals surface area contributed by atoms with Crippen molar-refractivity contribution < 1.29 is 13.6 Å². The Morgan fingerprint density at radius 3 is 2.59 bits per heavy atom. The van der Waals surface area contributed by atoms with E-state index in [-0.39, 0.29) is 18.0 Å². The predicted molar refractivity (Wildman–Crippen MR) is 121 cm³/mol. The zero-order valence-electron chi connectivity index (χ0n) is 17.7. The maximum atomic E-state index is 13.8. The molecule has 0 bridgehead atoms. The minimum Gasteiger partial charge on any atom is -0.592 e. The summed E-state index contributed by atoms with van der Waals surface area (Å²) in [6, 6.07) is 13.0. The normalized spacial score (nSPS) is 25.3. The number of carbonyl (C=O) groups excluding carboxylic acids is 1. The van der Waals surface area contributed by atoms with Crippen LogP contribution in [0.2, 0.25) is 0 Å². The van der Waals surface area contributed by atoms with Gasteiger partial charge in [0.05, 0.1) is 30.0 Å². The smallest absolute Gasteiger partial charge is 0.273 e. The summed E-state index contributed by atoms with van der Waals surface area (Å²) in [5.74, 6) is 0.400. The first-order chi connectivity index (χ1) is 15.5. The molecule has 1 amide bonds. The number of aromatic nitrogens is 2. The van der Waals surface area contributed by atoms with Gasteiger partial charge in [-0.25, -0.2) is 4.68 Å². The van der Waals surface area contributed by atoms with Crippen molar-refractivity contribution in [2.45, 2.75) is 42.5 Å². The van der Waals surface area contributed by atoms with E-state index < -0.39 is 10.4 Å². The molecule has 2 fully saturated rings. The van der Waals surface area contributed by atoms with Crippen molar-refractivity contribution in [2.24, 2.45) is 5.92 Å². The van der Waals surface area contributed by atoms with Gasteiger partial charge < -0.3 is 9.45 Å². The molecule has 0 spiro atoms. The van der Waals surface area contributed by atoms with Crippen molar-refractivity contribution in [1.82, 2.24) is 19.0 Å². The zero-order chi connectivity index (χ0) is 22.0. The summed E-state index contributed by atoms with van der Waals surface area (Å²) in [5.41, 5.74) is 3.43. The van der Waals surface area contributed by atoms with Crippen molar-refractivity contribution >= 4 is 27.6 Å². The molecule has 3 aliphatic rings. The van der Waals surface area contributed by atoms with Gasteiger partial charge >= 0.3 is 0 Å². The second-order valence-corrected chi connectivity index (χ2v) is 11.9. The van der Waals surface area contributed by atoms with Crippen molar-refractivity contribution in [3.63, 3.8) is 0 Å². The summed E-state index contributed by atoms with van der Waals surface area (Å²) in [6.45, 7) is 2.76. The van der Waals surface area contributed by atoms with Gasteiger partial charge in [-0.3, -0.25) is 4.79 Å². The SMILES string of the molecule is Cc1nn(-c2ccccc2)c2c1C(C1CC1)N(C1CCN([S+](=O)([O-])c3cccs3)C1)C2=O. The van der Waals surface area contributed by atoms with E-state index >= 15 is 0 Å². The minimum atomic E-state index is -3.51. The van der Waals surface area contributed by atoms with Crippen LogP contribution in [0.1, 0.15) is 47.1 Å². The highest BCUT2D eigenvalue weighted by molar-refractivity contribution is 7.97. The number of thiophene rings is 1. The van der Waals surface area contributed by atoms with Crippen molar-refractivity contribution in [3.05, 3.63) is 64.8 Å². The molecule has 3 atom stereocenters. The molecule has 0 N–H and O–H groups in total. The number of amides is 1. The van der Waals surface area contributed by atoms with E-state index in [1.807, 2.05) is 42.2 Å². The van der Waals surface area contributed by atoms with Gasteiger partial charge in [0.2, 0.25) is 4.21 Å².